The van der Waals surface area contributed by atoms with Crippen molar-refractivity contribution in [2.45, 2.75) is 64.2 Å². The summed E-state index contributed by atoms with van der Waals surface area (Å²) in [5, 5.41) is 13.5. The van der Waals surface area contributed by atoms with Gasteiger partial charge in [-0.2, -0.15) is 0 Å². The fourth-order valence-electron chi connectivity index (χ4n) is 2.80. The first-order chi connectivity index (χ1) is 12.6. The van der Waals surface area contributed by atoms with Crippen LogP contribution in [-0.2, 0) is 19.2 Å². The number of rotatable bonds is 13. The van der Waals surface area contributed by atoms with Crippen LogP contribution in [0.25, 0.3) is 0 Å². The van der Waals surface area contributed by atoms with Crippen LogP contribution in [0.2, 0.25) is 0 Å². The lowest BCUT2D eigenvalue weighted by molar-refractivity contribution is -0.137. The van der Waals surface area contributed by atoms with E-state index in [-0.39, 0.29) is 23.4 Å². The second-order valence-corrected chi connectivity index (χ2v) is 8.36. The Morgan fingerprint density at radius 1 is 1.11 bits per heavy atom. The van der Waals surface area contributed by atoms with E-state index in [2.05, 4.69) is 10.6 Å². The Morgan fingerprint density at radius 2 is 1.74 bits per heavy atom. The van der Waals surface area contributed by atoms with Gasteiger partial charge in [0.1, 0.15) is 6.04 Å². The first-order valence-corrected chi connectivity index (χ1v) is 10.1. The van der Waals surface area contributed by atoms with Gasteiger partial charge < -0.3 is 21.5 Å². The van der Waals surface area contributed by atoms with E-state index < -0.39 is 29.1 Å². The van der Waals surface area contributed by atoms with Crippen LogP contribution in [0.1, 0.15) is 52.9 Å². The van der Waals surface area contributed by atoms with Crippen LogP contribution >= 0.6 is 11.8 Å². The number of carboxylic acids is 1. The minimum absolute atomic E-state index is 0.125. The quantitative estimate of drug-likeness (QED) is 0.338. The molecular formula is C18H33N3O5S. The molecule has 0 aliphatic carbocycles. The van der Waals surface area contributed by atoms with Crippen LogP contribution in [0.4, 0.5) is 0 Å². The molecule has 2 unspecified atom stereocenters. The maximum atomic E-state index is 12.9. The van der Waals surface area contributed by atoms with Crippen molar-refractivity contribution < 1.29 is 24.3 Å². The largest absolute Gasteiger partial charge is 0.481 e. The minimum Gasteiger partial charge on any atom is -0.481 e. The highest BCUT2D eigenvalue weighted by Gasteiger charge is 2.34. The summed E-state index contributed by atoms with van der Waals surface area (Å²) in [6, 6.07) is -0.712. The van der Waals surface area contributed by atoms with E-state index in [4.69, 9.17) is 5.73 Å². The van der Waals surface area contributed by atoms with Crippen LogP contribution in [0.5, 0.6) is 0 Å². The van der Waals surface area contributed by atoms with Crippen molar-refractivity contribution in [1.29, 1.82) is 0 Å². The summed E-state index contributed by atoms with van der Waals surface area (Å²) in [5.41, 5.74) is 5.48. The third-order valence-corrected chi connectivity index (χ3v) is 5.16. The van der Waals surface area contributed by atoms with Crippen molar-refractivity contribution in [3.63, 3.8) is 0 Å². The molecule has 0 aliphatic heterocycles. The Kier molecular flexibility index (Phi) is 12.7. The minimum atomic E-state index is -1.07. The maximum Gasteiger partial charge on any atom is 0.304 e. The number of aliphatic carboxylic acids is 1. The number of carboxylic acid groups (broad SMARTS) is 1. The highest BCUT2D eigenvalue weighted by atomic mass is 32.2. The molecule has 9 heteroatoms. The van der Waals surface area contributed by atoms with E-state index in [1.165, 1.54) is 14.0 Å². The standard InChI is InChI=1S/C18H33N3O5S/c1-11(2)9-13(15(10-16(23)24)27-12(3)22)17(25)21-14(18(26)20-4)7-5-6-8-19/h11,13-15H,5-10,19H2,1-4H3,(H,20,26)(H,21,25)(H,23,24)/t13?,14-,15?/m0/s1. The molecule has 5 N–H and O–H groups in total. The van der Waals surface area contributed by atoms with Crippen molar-refractivity contribution in [2.24, 2.45) is 17.6 Å². The molecule has 0 radical (unpaired) electrons. The van der Waals surface area contributed by atoms with Gasteiger partial charge in [-0.1, -0.05) is 25.6 Å². The second kappa shape index (κ2) is 13.5. The topological polar surface area (TPSA) is 139 Å². The van der Waals surface area contributed by atoms with Gasteiger partial charge in [0.25, 0.3) is 0 Å². The number of hydrogen-bond donors (Lipinski definition) is 4. The molecule has 0 aromatic carbocycles. The van der Waals surface area contributed by atoms with Crippen molar-refractivity contribution in [1.82, 2.24) is 10.6 Å². The smallest absolute Gasteiger partial charge is 0.304 e. The zero-order valence-electron chi connectivity index (χ0n) is 16.6. The van der Waals surface area contributed by atoms with Gasteiger partial charge in [-0.15, -0.1) is 0 Å². The van der Waals surface area contributed by atoms with Gasteiger partial charge in [-0.3, -0.25) is 19.2 Å². The number of carbonyl (C=O) groups excluding carboxylic acids is 3. The molecule has 0 heterocycles. The molecule has 27 heavy (non-hydrogen) atoms. The first kappa shape index (κ1) is 25.4. The van der Waals surface area contributed by atoms with Gasteiger partial charge >= 0.3 is 5.97 Å². The summed E-state index contributed by atoms with van der Waals surface area (Å²) in [6.07, 6.45) is 1.99. The molecule has 0 spiro atoms. The van der Waals surface area contributed by atoms with E-state index in [0.29, 0.717) is 25.8 Å². The molecule has 3 atom stereocenters. The summed E-state index contributed by atoms with van der Waals surface area (Å²) < 4.78 is 0. The monoisotopic (exact) mass is 403 g/mol. The number of hydrogen-bond acceptors (Lipinski definition) is 6. The van der Waals surface area contributed by atoms with E-state index in [1.807, 2.05) is 13.8 Å². The Labute approximate surface area is 165 Å². The molecule has 156 valence electrons. The number of likely N-dealkylation sites (N-methyl/N-ethyl adjacent to an activating group) is 1. The van der Waals surface area contributed by atoms with Crippen LogP contribution in [-0.4, -0.2) is 52.9 Å². The number of unbranched alkanes of at least 4 members (excludes halogenated alkanes) is 1. The van der Waals surface area contributed by atoms with Gasteiger partial charge in [0, 0.05) is 19.2 Å². The molecule has 0 aromatic heterocycles. The third kappa shape index (κ3) is 11.0. The average molecular weight is 404 g/mol. The zero-order chi connectivity index (χ0) is 21.0. The normalized spacial score (nSPS) is 14.3. The molecule has 0 aromatic rings. The predicted molar refractivity (Wildman–Crippen MR) is 106 cm³/mol. The highest BCUT2D eigenvalue weighted by Crippen LogP contribution is 2.29. The predicted octanol–water partition coefficient (Wildman–Crippen LogP) is 1.13. The second-order valence-electron chi connectivity index (χ2n) is 6.94. The molecule has 0 aliphatic rings. The Hall–Kier alpha value is -1.61. The van der Waals surface area contributed by atoms with Crippen LogP contribution in [0, 0.1) is 11.8 Å². The van der Waals surface area contributed by atoms with Gasteiger partial charge in [0.15, 0.2) is 5.12 Å². The van der Waals surface area contributed by atoms with Crippen LogP contribution < -0.4 is 16.4 Å². The van der Waals surface area contributed by atoms with Gasteiger partial charge in [0.05, 0.1) is 12.3 Å². The number of amides is 2. The lowest BCUT2D eigenvalue weighted by atomic mass is 9.91. The van der Waals surface area contributed by atoms with Gasteiger partial charge in [-0.05, 0) is 38.1 Å². The molecule has 0 bridgehead atoms. The van der Waals surface area contributed by atoms with Gasteiger partial charge in [-0.25, -0.2) is 0 Å². The number of nitrogens with two attached hydrogens (primary N) is 1. The Bertz CT molecular complexity index is 497. The molecule has 0 fully saturated rings. The molecule has 0 saturated heterocycles. The molecule has 8 nitrogen and oxygen atoms in total. The SMILES string of the molecule is CNC(=O)[C@H](CCCCN)NC(=O)C(CC(C)C)C(CC(=O)O)SC(C)=O. The molecule has 0 rings (SSSR count). The van der Waals surface area contributed by atoms with E-state index in [1.54, 1.807) is 0 Å². The summed E-state index contributed by atoms with van der Waals surface area (Å²) in [5.74, 6) is -2.33. The third-order valence-electron chi connectivity index (χ3n) is 4.03. The highest BCUT2D eigenvalue weighted by molar-refractivity contribution is 8.14. The number of thioether (sulfide) groups is 1. The summed E-state index contributed by atoms with van der Waals surface area (Å²) in [4.78, 5) is 47.8. The van der Waals surface area contributed by atoms with E-state index in [0.717, 1.165) is 18.2 Å². The molecular weight excluding hydrogens is 370 g/mol. The lowest BCUT2D eigenvalue weighted by Crippen LogP contribution is -2.49. The van der Waals surface area contributed by atoms with E-state index in [9.17, 15) is 24.3 Å². The number of nitrogens with one attached hydrogen (secondary N) is 2. The van der Waals surface area contributed by atoms with Crippen LogP contribution in [0.3, 0.4) is 0 Å². The molecule has 2 amide bonds. The van der Waals surface area contributed by atoms with Crippen LogP contribution in [0.15, 0.2) is 0 Å². The maximum absolute atomic E-state index is 12.9. The van der Waals surface area contributed by atoms with Crippen molar-refractivity contribution >= 4 is 34.7 Å². The Balaban J connectivity index is 5.41. The van der Waals surface area contributed by atoms with Crippen molar-refractivity contribution in [3.05, 3.63) is 0 Å². The zero-order valence-corrected chi connectivity index (χ0v) is 17.4. The van der Waals surface area contributed by atoms with Crippen molar-refractivity contribution in [2.75, 3.05) is 13.6 Å². The summed E-state index contributed by atoms with van der Waals surface area (Å²) >= 11 is 0.871. The first-order valence-electron chi connectivity index (χ1n) is 9.23. The average Bonchev–Trinajstić information content (AvgIpc) is 2.56. The Morgan fingerprint density at radius 3 is 2.19 bits per heavy atom. The lowest BCUT2D eigenvalue weighted by Gasteiger charge is -2.27. The number of carbonyl (C=O) groups is 4. The van der Waals surface area contributed by atoms with E-state index >= 15 is 0 Å². The fraction of sp³-hybridized carbons (Fsp3) is 0.778. The molecule has 0 saturated carbocycles. The van der Waals surface area contributed by atoms with Gasteiger partial charge in [0.2, 0.25) is 11.8 Å². The fourth-order valence-corrected chi connectivity index (χ4v) is 3.85. The summed E-state index contributed by atoms with van der Waals surface area (Å²) in [7, 11) is 1.49. The van der Waals surface area contributed by atoms with Crippen molar-refractivity contribution in [3.8, 4) is 0 Å². The summed E-state index contributed by atoms with van der Waals surface area (Å²) in [6.45, 7) is 5.70.